The van der Waals surface area contributed by atoms with Crippen molar-refractivity contribution < 1.29 is 30.5 Å². The third kappa shape index (κ3) is 3.60. The Morgan fingerprint density at radius 3 is 3.08 bits per heavy atom. The highest BCUT2D eigenvalue weighted by Gasteiger charge is 2.24. The third-order valence-corrected chi connectivity index (χ3v) is 3.60. The van der Waals surface area contributed by atoms with E-state index in [1.165, 1.54) is 0 Å². The Bertz CT molecular complexity index is 1380. The van der Waals surface area contributed by atoms with Gasteiger partial charge in [0, 0.05) is 30.4 Å². The summed E-state index contributed by atoms with van der Waals surface area (Å²) in [4.78, 5) is 26.5. The van der Waals surface area contributed by atoms with E-state index in [0.29, 0.717) is 4.57 Å². The summed E-state index contributed by atoms with van der Waals surface area (Å²) in [5.74, 6) is -2.44. The average molecular weight is 377 g/mol. The fraction of sp³-hybridized carbons (Fsp3) is 0.611. The van der Waals surface area contributed by atoms with Gasteiger partial charge in [-0.3, -0.25) is 19.3 Å². The zero-order valence-corrected chi connectivity index (χ0v) is 13.8. The second kappa shape index (κ2) is 7.90. The summed E-state index contributed by atoms with van der Waals surface area (Å²) < 4.78 is 120. The minimum atomic E-state index is -3.61. The van der Waals surface area contributed by atoms with Gasteiger partial charge in [0.2, 0.25) is 0 Å². The molecule has 8 heteroatoms. The van der Waals surface area contributed by atoms with Crippen molar-refractivity contribution in [1.82, 2.24) is 25.0 Å². The largest absolute Gasteiger partial charge is 0.506 e. The van der Waals surface area contributed by atoms with Gasteiger partial charge >= 0.3 is 0 Å². The van der Waals surface area contributed by atoms with Crippen LogP contribution in [0.2, 0.25) is 1.41 Å². The fourth-order valence-electron chi connectivity index (χ4n) is 2.44. The Kier molecular flexibility index (Phi) is 2.23. The number of aromatic nitrogens is 3. The van der Waals surface area contributed by atoms with Gasteiger partial charge in [-0.15, -0.1) is 0 Å². The molecular formula is C18H27N5O3. The van der Waals surface area contributed by atoms with Crippen molar-refractivity contribution in [2.24, 2.45) is 0 Å². The molecule has 0 radical (unpaired) electrons. The molecule has 1 aliphatic rings. The molecule has 3 rings (SSSR count). The molecule has 3 N–H and O–H groups in total. The molecule has 0 aromatic carbocycles. The topological polar surface area (TPSA) is 103 Å². The quantitative estimate of drug-likeness (QED) is 0.711. The van der Waals surface area contributed by atoms with Gasteiger partial charge in [0.15, 0.2) is 1.41 Å². The first-order valence-corrected chi connectivity index (χ1v) is 7.63. The molecule has 1 atom stereocenters. The lowest BCUT2D eigenvalue weighted by atomic mass is 10.1. The Morgan fingerprint density at radius 2 is 2.35 bits per heavy atom. The lowest BCUT2D eigenvalue weighted by molar-refractivity contribution is 0.0946. The number of nitrogens with zero attached hydrogens (tertiary/aromatic N) is 3. The summed E-state index contributed by atoms with van der Waals surface area (Å²) >= 11 is 0. The maximum Gasteiger partial charge on any atom is 0.269 e. The lowest BCUT2D eigenvalue weighted by Crippen LogP contribution is -2.36. The van der Waals surface area contributed by atoms with Crippen molar-refractivity contribution in [2.45, 2.75) is 45.3 Å². The van der Waals surface area contributed by atoms with Crippen LogP contribution in [0.5, 0.6) is 5.75 Å². The molecule has 0 bridgehead atoms. The van der Waals surface area contributed by atoms with Gasteiger partial charge in [-0.25, -0.2) is 0 Å². The summed E-state index contributed by atoms with van der Waals surface area (Å²) in [5.41, 5.74) is -2.91. The molecule has 1 amide bonds. The third-order valence-electron chi connectivity index (χ3n) is 3.60. The van der Waals surface area contributed by atoms with Crippen LogP contribution in [-0.4, -0.2) is 56.8 Å². The van der Waals surface area contributed by atoms with Crippen LogP contribution in [0.3, 0.4) is 0 Å². The summed E-state index contributed by atoms with van der Waals surface area (Å²) in [7, 11) is 0. The maximum atomic E-state index is 13.3. The fourth-order valence-corrected chi connectivity index (χ4v) is 2.44. The molecule has 3 heterocycles. The standard InChI is InChI=1S/C18H27N5O3/c1-12(2)23-16-13(11-20-21-16)15(24)14(18(23)26)17(25)19-7-6-10-22-8-4-3-5-9-22/h11-12,24H,3-10H2,1-2H3,(H,19,25)(H,20,21)/i1D3,3D2,4D2,5D2,8D2,9D2,12D/hD. The van der Waals surface area contributed by atoms with Crippen LogP contribution in [0.1, 0.15) is 74.9 Å². The second-order valence-electron chi connectivity index (χ2n) is 5.37. The number of hydrogen-bond donors (Lipinski definition) is 3. The molecule has 8 nitrogen and oxygen atoms in total. The first-order valence-electron chi connectivity index (χ1n) is 15.1. The van der Waals surface area contributed by atoms with Crippen LogP contribution < -0.4 is 10.9 Å². The molecule has 1 fully saturated rings. The molecule has 1 aliphatic heterocycles. The van der Waals surface area contributed by atoms with E-state index in [-0.39, 0.29) is 21.2 Å². The number of likely N-dealkylation sites (tertiary alicyclic amines) is 1. The number of H-pyrrole nitrogens is 1. The van der Waals surface area contributed by atoms with Gasteiger partial charge in [-0.1, -0.05) is 6.37 Å². The van der Waals surface area contributed by atoms with Crippen LogP contribution >= 0.6 is 0 Å². The number of fused-ring (bicyclic) bond motifs is 1. The number of hydrogen-bond acceptors (Lipinski definition) is 5. The molecule has 1 unspecified atom stereocenters. The van der Waals surface area contributed by atoms with E-state index < -0.39 is 87.3 Å². The van der Waals surface area contributed by atoms with Gasteiger partial charge < -0.3 is 15.3 Å². The normalized spacial score (nSPS) is 36.6. The first-order chi connectivity index (χ1) is 18.2. The van der Waals surface area contributed by atoms with E-state index in [9.17, 15) is 14.7 Å². The van der Waals surface area contributed by atoms with Crippen molar-refractivity contribution in [3.8, 4) is 5.75 Å². The Hall–Kier alpha value is -2.35. The number of aromatic hydroxyl groups is 1. The molecule has 2 aromatic rings. The Balaban J connectivity index is 1.95. The predicted octanol–water partition coefficient (Wildman–Crippen LogP) is 1.62. The highest BCUT2D eigenvalue weighted by molar-refractivity contribution is 6.01. The number of aromatic amines is 1. The van der Waals surface area contributed by atoms with E-state index in [2.05, 4.69) is 10.2 Å². The molecule has 0 aliphatic carbocycles. The molecule has 0 saturated carbocycles. The van der Waals surface area contributed by atoms with Gasteiger partial charge in [0.25, 0.3) is 11.5 Å². The van der Waals surface area contributed by atoms with E-state index in [1.54, 1.807) is 0 Å². The summed E-state index contributed by atoms with van der Waals surface area (Å²) in [6, 6.07) is -2.67. The minimum Gasteiger partial charge on any atom is -0.506 e. The van der Waals surface area contributed by atoms with Gasteiger partial charge in [0.05, 0.1) is 13.0 Å². The minimum absolute atomic E-state index is 0.112. The maximum absolute atomic E-state index is 13.3. The van der Waals surface area contributed by atoms with Crippen LogP contribution in [0, 0.1) is 0 Å². The number of carbonyl (C=O) groups excluding carboxylic acids is 1. The zero-order chi connectivity index (χ0) is 31.9. The molecule has 1 saturated heterocycles. The second-order valence-corrected chi connectivity index (χ2v) is 5.37. The van der Waals surface area contributed by atoms with Crippen LogP contribution in [0.4, 0.5) is 0 Å². The van der Waals surface area contributed by atoms with E-state index >= 15 is 0 Å². The SMILES string of the molecule is [2H]N(CCCN1C([2H])([2H])C([2H])([2H])C([2H])([2H])C([2H])([2H])C1([2H])[2H])C(=O)c1c(O)c2cn[nH]c2n(C([2H])(C)C([2H])([2H])[2H])c1=O. The number of carbonyl (C=O) groups is 1. The predicted molar refractivity (Wildman–Crippen MR) is 99.6 cm³/mol. The van der Waals surface area contributed by atoms with Crippen LogP contribution in [0.25, 0.3) is 11.0 Å². The van der Waals surface area contributed by atoms with Crippen molar-refractivity contribution in [2.75, 3.05) is 26.1 Å². The summed E-state index contributed by atoms with van der Waals surface area (Å²) in [6.45, 7) is -10.6. The van der Waals surface area contributed by atoms with Crippen LogP contribution in [0.15, 0.2) is 11.0 Å². The lowest BCUT2D eigenvalue weighted by Gasteiger charge is -2.26. The van der Waals surface area contributed by atoms with Gasteiger partial charge in [-0.05, 0) is 52.5 Å². The molecule has 2 aromatic heterocycles. The Morgan fingerprint density at radius 1 is 1.58 bits per heavy atom. The number of pyridine rings is 1. The van der Waals surface area contributed by atoms with Crippen LogP contribution in [-0.2, 0) is 0 Å². The van der Waals surface area contributed by atoms with Crippen molar-refractivity contribution in [3.63, 3.8) is 0 Å². The van der Waals surface area contributed by atoms with Crippen molar-refractivity contribution in [3.05, 3.63) is 22.1 Å². The highest BCUT2D eigenvalue weighted by Crippen LogP contribution is 2.26. The van der Waals surface area contributed by atoms with Crippen molar-refractivity contribution in [1.29, 1.82) is 0 Å². The molecular weight excluding hydrogens is 334 g/mol. The van der Waals surface area contributed by atoms with E-state index in [4.69, 9.17) is 20.6 Å². The van der Waals surface area contributed by atoms with Crippen molar-refractivity contribution >= 4 is 16.9 Å². The summed E-state index contributed by atoms with van der Waals surface area (Å²) in [5, 5.41) is 16.3. The van der Waals surface area contributed by atoms with Gasteiger partial charge in [0.1, 0.15) is 17.0 Å². The molecule has 26 heavy (non-hydrogen) atoms. The number of amides is 1. The zero-order valence-electron chi connectivity index (χ0n) is 28.8. The van der Waals surface area contributed by atoms with E-state index in [1.807, 2.05) is 0 Å². The number of piperidine rings is 1. The number of rotatable bonds is 6. The number of nitrogens with one attached hydrogen (secondary N) is 2. The smallest absolute Gasteiger partial charge is 0.269 e. The highest BCUT2D eigenvalue weighted by atomic mass is 16.3. The molecule has 0 spiro atoms. The molecule has 142 valence electrons. The first kappa shape index (κ1) is 7.34. The summed E-state index contributed by atoms with van der Waals surface area (Å²) in [6.07, 6.45) is -10.3. The van der Waals surface area contributed by atoms with E-state index in [0.717, 1.165) is 13.1 Å². The Labute approximate surface area is 173 Å². The monoisotopic (exact) mass is 376 g/mol. The average Bonchev–Trinajstić information content (AvgIpc) is 3.28. The van der Waals surface area contributed by atoms with Gasteiger partial charge in [-0.2, -0.15) is 5.10 Å².